The zero-order valence-corrected chi connectivity index (χ0v) is 12.3. The summed E-state index contributed by atoms with van der Waals surface area (Å²) in [6.45, 7) is 0.478. The minimum atomic E-state index is -1.30. The molecule has 0 saturated heterocycles. The van der Waals surface area contributed by atoms with E-state index in [0.29, 0.717) is 13.0 Å². The van der Waals surface area contributed by atoms with Gasteiger partial charge in [0.15, 0.2) is 0 Å². The van der Waals surface area contributed by atoms with Crippen molar-refractivity contribution in [2.45, 2.75) is 19.4 Å². The van der Waals surface area contributed by atoms with Crippen LogP contribution in [0.5, 0.6) is 0 Å². The highest BCUT2D eigenvalue weighted by atomic mass is 32.2. The predicted octanol–water partition coefficient (Wildman–Crippen LogP) is 1.26. The van der Waals surface area contributed by atoms with Crippen LogP contribution in [0.3, 0.4) is 0 Å². The third-order valence-corrected chi connectivity index (χ3v) is 4.05. The maximum atomic E-state index is 11.9. The van der Waals surface area contributed by atoms with Gasteiger partial charge in [-0.15, -0.1) is 0 Å². The maximum Gasteiger partial charge on any atom is 0.303 e. The Bertz CT molecular complexity index is 475. The summed E-state index contributed by atoms with van der Waals surface area (Å²) in [6.07, 6.45) is 0.317. The Morgan fingerprint density at radius 2 is 1.90 bits per heavy atom. The SMILES string of the molecule is CN(Cc1ccccc1)C(=O)CS(=O)CCCC(=O)O. The van der Waals surface area contributed by atoms with Crippen molar-refractivity contribution in [1.29, 1.82) is 0 Å². The molecule has 0 radical (unpaired) electrons. The number of carboxylic acid groups (broad SMARTS) is 1. The molecule has 1 rings (SSSR count). The third kappa shape index (κ3) is 6.47. The lowest BCUT2D eigenvalue weighted by Crippen LogP contribution is -2.31. The Morgan fingerprint density at radius 1 is 1.25 bits per heavy atom. The van der Waals surface area contributed by atoms with Crippen molar-refractivity contribution in [3.63, 3.8) is 0 Å². The fourth-order valence-electron chi connectivity index (χ4n) is 1.65. The molecule has 0 aromatic heterocycles. The lowest BCUT2D eigenvalue weighted by Gasteiger charge is -2.17. The van der Waals surface area contributed by atoms with E-state index in [1.165, 1.54) is 4.90 Å². The van der Waals surface area contributed by atoms with Crippen LogP contribution in [0, 0.1) is 0 Å². The number of carbonyl (C=O) groups is 2. The van der Waals surface area contributed by atoms with Gasteiger partial charge in [-0.3, -0.25) is 13.8 Å². The molecule has 0 aliphatic heterocycles. The van der Waals surface area contributed by atoms with Gasteiger partial charge in [-0.2, -0.15) is 0 Å². The molecular formula is C14H19NO4S. The summed E-state index contributed by atoms with van der Waals surface area (Å²) in [4.78, 5) is 23.7. The number of amides is 1. The van der Waals surface area contributed by atoms with Crippen LogP contribution in [-0.4, -0.2) is 44.6 Å². The van der Waals surface area contributed by atoms with E-state index in [-0.39, 0.29) is 23.8 Å². The lowest BCUT2D eigenvalue weighted by molar-refractivity contribution is -0.137. The molecule has 1 aromatic carbocycles. The fraction of sp³-hybridized carbons (Fsp3) is 0.429. The summed E-state index contributed by atoms with van der Waals surface area (Å²) in [7, 11) is 0.371. The van der Waals surface area contributed by atoms with E-state index >= 15 is 0 Å². The minimum Gasteiger partial charge on any atom is -0.481 e. The minimum absolute atomic E-state index is 0.0141. The smallest absolute Gasteiger partial charge is 0.303 e. The quantitative estimate of drug-likeness (QED) is 0.784. The molecule has 1 N–H and O–H groups in total. The molecule has 5 nitrogen and oxygen atoms in total. The van der Waals surface area contributed by atoms with Crippen molar-refractivity contribution in [1.82, 2.24) is 4.90 Å². The Hall–Kier alpha value is -1.69. The summed E-state index contributed by atoms with van der Waals surface area (Å²) in [5.41, 5.74) is 1.01. The Balaban J connectivity index is 2.34. The second kappa shape index (κ2) is 8.47. The van der Waals surface area contributed by atoms with Gasteiger partial charge < -0.3 is 10.0 Å². The largest absolute Gasteiger partial charge is 0.481 e. The van der Waals surface area contributed by atoms with Crippen LogP contribution in [0.2, 0.25) is 0 Å². The molecule has 1 amide bonds. The van der Waals surface area contributed by atoms with Gasteiger partial charge in [0.2, 0.25) is 5.91 Å². The molecule has 0 saturated carbocycles. The summed E-state index contributed by atoms with van der Waals surface area (Å²) < 4.78 is 11.7. The van der Waals surface area contributed by atoms with Gasteiger partial charge in [-0.1, -0.05) is 30.3 Å². The molecule has 1 atom stereocenters. The molecule has 0 heterocycles. The predicted molar refractivity (Wildman–Crippen MR) is 77.7 cm³/mol. The van der Waals surface area contributed by atoms with Crippen LogP contribution >= 0.6 is 0 Å². The van der Waals surface area contributed by atoms with Gasteiger partial charge in [0, 0.05) is 36.6 Å². The first-order chi connectivity index (χ1) is 9.49. The Labute approximate surface area is 121 Å². The third-order valence-electron chi connectivity index (χ3n) is 2.74. The van der Waals surface area contributed by atoms with Gasteiger partial charge in [-0.05, 0) is 12.0 Å². The molecule has 110 valence electrons. The van der Waals surface area contributed by atoms with Crippen LogP contribution in [0.25, 0.3) is 0 Å². The molecule has 1 unspecified atom stereocenters. The standard InChI is InChI=1S/C14H19NO4S/c1-15(10-12-6-3-2-4-7-12)13(16)11-20(19)9-5-8-14(17)18/h2-4,6-7H,5,8-11H2,1H3,(H,17,18). The summed E-state index contributed by atoms with van der Waals surface area (Å²) in [5, 5.41) is 8.49. The van der Waals surface area contributed by atoms with Crippen molar-refractivity contribution in [2.75, 3.05) is 18.6 Å². The normalized spacial score (nSPS) is 11.8. The topological polar surface area (TPSA) is 74.7 Å². The Kier molecular flexibility index (Phi) is 6.93. The van der Waals surface area contributed by atoms with Crippen LogP contribution in [0.4, 0.5) is 0 Å². The number of aliphatic carboxylic acids is 1. The van der Waals surface area contributed by atoms with Gasteiger partial charge in [0.05, 0.1) is 0 Å². The fourth-order valence-corrected chi connectivity index (χ4v) is 2.76. The average molecular weight is 297 g/mol. The number of rotatable bonds is 8. The van der Waals surface area contributed by atoms with Gasteiger partial charge in [-0.25, -0.2) is 0 Å². The van der Waals surface area contributed by atoms with E-state index in [1.807, 2.05) is 30.3 Å². The molecule has 0 aliphatic rings. The second-order valence-electron chi connectivity index (χ2n) is 4.52. The highest BCUT2D eigenvalue weighted by Crippen LogP contribution is 2.03. The maximum absolute atomic E-state index is 11.9. The zero-order chi connectivity index (χ0) is 15.0. The monoisotopic (exact) mass is 297 g/mol. The number of hydrogen-bond acceptors (Lipinski definition) is 3. The second-order valence-corrected chi connectivity index (χ2v) is 6.10. The number of carbonyl (C=O) groups excluding carboxylic acids is 1. The molecule has 0 fully saturated rings. The zero-order valence-electron chi connectivity index (χ0n) is 11.4. The highest BCUT2D eigenvalue weighted by Gasteiger charge is 2.13. The lowest BCUT2D eigenvalue weighted by atomic mass is 10.2. The molecular weight excluding hydrogens is 278 g/mol. The van der Waals surface area contributed by atoms with Crippen molar-refractivity contribution >= 4 is 22.7 Å². The van der Waals surface area contributed by atoms with Crippen LogP contribution < -0.4 is 0 Å². The first-order valence-electron chi connectivity index (χ1n) is 6.33. The van der Waals surface area contributed by atoms with E-state index in [9.17, 15) is 13.8 Å². The van der Waals surface area contributed by atoms with Gasteiger partial charge in [0.1, 0.15) is 5.75 Å². The molecule has 0 bridgehead atoms. The number of carboxylic acids is 1. The number of benzene rings is 1. The first-order valence-corrected chi connectivity index (χ1v) is 7.82. The van der Waals surface area contributed by atoms with Crippen molar-refractivity contribution in [3.8, 4) is 0 Å². The van der Waals surface area contributed by atoms with Crippen LogP contribution in [-0.2, 0) is 26.9 Å². The van der Waals surface area contributed by atoms with Gasteiger partial charge in [0.25, 0.3) is 0 Å². The molecule has 0 spiro atoms. The molecule has 20 heavy (non-hydrogen) atoms. The summed E-state index contributed by atoms with van der Waals surface area (Å²) in [6, 6.07) is 9.56. The van der Waals surface area contributed by atoms with Crippen molar-refractivity contribution in [2.24, 2.45) is 0 Å². The van der Waals surface area contributed by atoms with Crippen LogP contribution in [0.15, 0.2) is 30.3 Å². The van der Waals surface area contributed by atoms with Crippen LogP contribution in [0.1, 0.15) is 18.4 Å². The average Bonchev–Trinajstić information content (AvgIpc) is 2.39. The highest BCUT2D eigenvalue weighted by molar-refractivity contribution is 7.85. The van der Waals surface area contributed by atoms with Gasteiger partial charge >= 0.3 is 5.97 Å². The van der Waals surface area contributed by atoms with Crippen molar-refractivity contribution < 1.29 is 18.9 Å². The van der Waals surface area contributed by atoms with E-state index < -0.39 is 16.8 Å². The van der Waals surface area contributed by atoms with E-state index in [1.54, 1.807) is 7.05 Å². The van der Waals surface area contributed by atoms with E-state index in [4.69, 9.17) is 5.11 Å². The summed E-state index contributed by atoms with van der Waals surface area (Å²) >= 11 is 0. The molecule has 1 aromatic rings. The summed E-state index contributed by atoms with van der Waals surface area (Å²) in [5.74, 6) is -0.905. The first kappa shape index (κ1) is 16.4. The van der Waals surface area contributed by atoms with E-state index in [2.05, 4.69) is 0 Å². The number of hydrogen-bond donors (Lipinski definition) is 1. The molecule has 6 heteroatoms. The van der Waals surface area contributed by atoms with Crippen molar-refractivity contribution in [3.05, 3.63) is 35.9 Å². The number of nitrogens with zero attached hydrogens (tertiary/aromatic N) is 1. The Morgan fingerprint density at radius 3 is 2.50 bits per heavy atom. The van der Waals surface area contributed by atoms with E-state index in [0.717, 1.165) is 5.56 Å². The molecule has 0 aliphatic carbocycles.